The Morgan fingerprint density at radius 1 is 1.04 bits per heavy atom. The van der Waals surface area contributed by atoms with Gasteiger partial charge in [-0.15, -0.1) is 0 Å². The molecule has 2 amide bonds. The van der Waals surface area contributed by atoms with Crippen LogP contribution in [0.25, 0.3) is 11.1 Å². The van der Waals surface area contributed by atoms with Crippen molar-refractivity contribution in [3.05, 3.63) is 59.2 Å². The molecule has 7 nitrogen and oxygen atoms in total. The maximum Gasteiger partial charge on any atom is 0.418 e. The number of aryl methyl sites for hydroxylation is 1. The summed E-state index contributed by atoms with van der Waals surface area (Å²) in [5.41, 5.74) is 3.15. The number of rotatable bonds is 15. The fourth-order valence-corrected chi connectivity index (χ4v) is 7.29. The quantitative estimate of drug-likeness (QED) is 0.189. The van der Waals surface area contributed by atoms with Crippen LogP contribution in [0, 0.1) is 12.8 Å². The molecule has 0 saturated heterocycles. The molecule has 0 bridgehead atoms. The highest BCUT2D eigenvalue weighted by molar-refractivity contribution is 7.99. The Bertz CT molecular complexity index is 1290. The summed E-state index contributed by atoms with van der Waals surface area (Å²) < 4.78 is 10.8. The summed E-state index contributed by atoms with van der Waals surface area (Å²) in [5.74, 6) is 2.26. The van der Waals surface area contributed by atoms with Gasteiger partial charge in [0.1, 0.15) is 11.6 Å². The highest BCUT2D eigenvalue weighted by Crippen LogP contribution is 2.32. The topological polar surface area (TPSA) is 84.9 Å². The van der Waals surface area contributed by atoms with Crippen molar-refractivity contribution in [2.24, 2.45) is 5.92 Å². The molecule has 0 aromatic heterocycles. The Kier molecular flexibility index (Phi) is 15.5. The lowest BCUT2D eigenvalue weighted by Crippen LogP contribution is -2.51. The molecule has 2 aromatic carbocycles. The van der Waals surface area contributed by atoms with Crippen molar-refractivity contribution in [2.75, 3.05) is 30.6 Å². The number of methoxy groups -OCH3 is 1. The predicted octanol–water partition coefficient (Wildman–Crippen LogP) is 8.52. The summed E-state index contributed by atoms with van der Waals surface area (Å²) in [6.07, 6.45) is 9.15. The molecule has 0 heterocycles. The molecule has 1 fully saturated rings. The van der Waals surface area contributed by atoms with Crippen LogP contribution in [0.5, 0.6) is 0 Å². The minimum Gasteiger partial charge on any atom is -0.467 e. The lowest BCUT2D eigenvalue weighted by atomic mass is 9.85. The van der Waals surface area contributed by atoms with Gasteiger partial charge in [-0.05, 0) is 98.6 Å². The zero-order valence-corrected chi connectivity index (χ0v) is 30.5. The van der Waals surface area contributed by atoms with Crippen molar-refractivity contribution in [3.8, 4) is 11.1 Å². The summed E-state index contributed by atoms with van der Waals surface area (Å²) in [6.45, 7) is 10.1. The molecule has 3 rings (SSSR count). The first-order valence-electron chi connectivity index (χ1n) is 16.6. The largest absolute Gasteiger partial charge is 0.467 e. The second-order valence-electron chi connectivity index (χ2n) is 13.1. The number of ether oxygens (including phenoxy) is 2. The second-order valence-corrected chi connectivity index (χ2v) is 15.5. The SMILES string of the molecule is CCSCC(CC1CCCCC1)NCc1ccc(C(=O)N(C(=O)OC(C)(C)C)C(CCSC)C(=O)OC)c(-c2ccccc2C)c1. The van der Waals surface area contributed by atoms with Gasteiger partial charge in [0.25, 0.3) is 5.91 Å². The van der Waals surface area contributed by atoms with Crippen LogP contribution in [0.4, 0.5) is 4.79 Å². The van der Waals surface area contributed by atoms with E-state index in [1.54, 1.807) is 26.8 Å². The molecule has 0 spiro atoms. The first-order chi connectivity index (χ1) is 22.0. The van der Waals surface area contributed by atoms with Gasteiger partial charge in [0.2, 0.25) is 0 Å². The third-order valence-electron chi connectivity index (χ3n) is 8.40. The number of thioether (sulfide) groups is 2. The standard InChI is InChI=1S/C37H54N2O5S2/c1-8-46-25-29(22-27-15-10-9-11-16-27)38-24-28-18-19-31(32(23-28)30-17-13-12-14-26(30)2)34(40)39(36(42)44-37(3,4)5)33(20-21-45-7)35(41)43-6/h12-14,17-19,23,27,29,33,38H,8-11,15-16,20-22,24-25H2,1-7H3. The van der Waals surface area contributed by atoms with Gasteiger partial charge < -0.3 is 14.8 Å². The Morgan fingerprint density at radius 3 is 2.39 bits per heavy atom. The minimum atomic E-state index is -1.12. The number of carbonyl (C=O) groups excluding carboxylic acids is 3. The van der Waals surface area contributed by atoms with Gasteiger partial charge >= 0.3 is 12.1 Å². The van der Waals surface area contributed by atoms with E-state index in [1.807, 2.05) is 55.3 Å². The zero-order chi connectivity index (χ0) is 33.7. The molecule has 2 aromatic rings. The number of carbonyl (C=O) groups is 3. The maximum atomic E-state index is 14.5. The molecule has 1 saturated carbocycles. The van der Waals surface area contributed by atoms with Crippen molar-refractivity contribution in [1.82, 2.24) is 10.2 Å². The average Bonchev–Trinajstić information content (AvgIpc) is 3.03. The van der Waals surface area contributed by atoms with E-state index in [1.165, 1.54) is 57.4 Å². The number of nitrogens with zero attached hydrogens (tertiary/aromatic N) is 1. The molecule has 1 aliphatic carbocycles. The van der Waals surface area contributed by atoms with Gasteiger partial charge in [-0.25, -0.2) is 14.5 Å². The number of benzene rings is 2. The summed E-state index contributed by atoms with van der Waals surface area (Å²) in [5, 5.41) is 3.84. The molecule has 1 N–H and O–H groups in total. The number of imide groups is 1. The van der Waals surface area contributed by atoms with Crippen LogP contribution in [0.2, 0.25) is 0 Å². The van der Waals surface area contributed by atoms with Gasteiger partial charge in [0.15, 0.2) is 0 Å². The highest BCUT2D eigenvalue weighted by Gasteiger charge is 2.39. The summed E-state index contributed by atoms with van der Waals surface area (Å²) in [4.78, 5) is 42.2. The number of esters is 1. The average molecular weight is 671 g/mol. The third-order valence-corrected chi connectivity index (χ3v) is 10.1. The van der Waals surface area contributed by atoms with Gasteiger partial charge in [0.05, 0.1) is 7.11 Å². The molecule has 2 atom stereocenters. The highest BCUT2D eigenvalue weighted by atomic mass is 32.2. The van der Waals surface area contributed by atoms with E-state index >= 15 is 0 Å². The fourth-order valence-electron chi connectivity index (χ4n) is 6.05. The van der Waals surface area contributed by atoms with Gasteiger partial charge in [-0.1, -0.05) is 69.4 Å². The third kappa shape index (κ3) is 11.3. The molecule has 254 valence electrons. The molecule has 9 heteroatoms. The molecule has 46 heavy (non-hydrogen) atoms. The van der Waals surface area contributed by atoms with E-state index in [2.05, 4.69) is 18.3 Å². The molecule has 2 unspecified atom stereocenters. The van der Waals surface area contributed by atoms with Crippen LogP contribution >= 0.6 is 23.5 Å². The lowest BCUT2D eigenvalue weighted by molar-refractivity contribution is -0.146. The zero-order valence-electron chi connectivity index (χ0n) is 28.9. The monoisotopic (exact) mass is 670 g/mol. The fraction of sp³-hybridized carbons (Fsp3) is 0.595. The van der Waals surface area contributed by atoms with Crippen LogP contribution in [0.15, 0.2) is 42.5 Å². The van der Waals surface area contributed by atoms with Crippen molar-refractivity contribution < 1.29 is 23.9 Å². The van der Waals surface area contributed by atoms with E-state index in [0.717, 1.165) is 44.6 Å². The second kappa shape index (κ2) is 18.7. The molecular weight excluding hydrogens is 617 g/mol. The van der Waals surface area contributed by atoms with Crippen molar-refractivity contribution >= 4 is 41.5 Å². The number of nitrogens with one attached hydrogen (secondary N) is 1. The number of hydrogen-bond donors (Lipinski definition) is 1. The van der Waals surface area contributed by atoms with Crippen LogP contribution < -0.4 is 5.32 Å². The van der Waals surface area contributed by atoms with E-state index in [9.17, 15) is 14.4 Å². The van der Waals surface area contributed by atoms with Gasteiger partial charge in [0, 0.05) is 23.9 Å². The maximum absolute atomic E-state index is 14.5. The Balaban J connectivity index is 2.02. The Morgan fingerprint density at radius 2 is 1.76 bits per heavy atom. The van der Waals surface area contributed by atoms with E-state index in [-0.39, 0.29) is 6.42 Å². The lowest BCUT2D eigenvalue weighted by Gasteiger charge is -2.31. The molecule has 1 aliphatic rings. The molecule has 0 radical (unpaired) electrons. The van der Waals surface area contributed by atoms with Crippen molar-refractivity contribution in [1.29, 1.82) is 0 Å². The number of amides is 2. The first kappa shape index (κ1) is 38.0. The summed E-state index contributed by atoms with van der Waals surface area (Å²) in [6, 6.07) is 13.0. The number of hydrogen-bond acceptors (Lipinski definition) is 8. The van der Waals surface area contributed by atoms with E-state index in [0.29, 0.717) is 23.9 Å². The summed E-state index contributed by atoms with van der Waals surface area (Å²) >= 11 is 3.50. The van der Waals surface area contributed by atoms with Crippen LogP contribution in [-0.2, 0) is 20.8 Å². The predicted molar refractivity (Wildman–Crippen MR) is 193 cm³/mol. The summed E-state index contributed by atoms with van der Waals surface area (Å²) in [7, 11) is 1.27. The molecular formula is C37H54N2O5S2. The molecule has 0 aliphatic heterocycles. The van der Waals surface area contributed by atoms with Crippen molar-refractivity contribution in [2.45, 2.75) is 104 Å². The van der Waals surface area contributed by atoms with Gasteiger partial charge in [-0.2, -0.15) is 23.5 Å². The van der Waals surface area contributed by atoms with E-state index < -0.39 is 29.6 Å². The normalized spacial score (nSPS) is 15.2. The van der Waals surface area contributed by atoms with Crippen molar-refractivity contribution in [3.63, 3.8) is 0 Å². The smallest absolute Gasteiger partial charge is 0.418 e. The van der Waals surface area contributed by atoms with E-state index in [4.69, 9.17) is 9.47 Å². The Hall–Kier alpha value is -2.49. The Labute approximate surface area is 285 Å². The van der Waals surface area contributed by atoms with Crippen LogP contribution in [-0.4, -0.2) is 71.2 Å². The minimum absolute atomic E-state index is 0.249. The van der Waals surface area contributed by atoms with Gasteiger partial charge in [-0.3, -0.25) is 4.79 Å². The van der Waals surface area contributed by atoms with Crippen LogP contribution in [0.1, 0.15) is 94.1 Å². The first-order valence-corrected chi connectivity index (χ1v) is 19.2. The van der Waals surface area contributed by atoms with Crippen LogP contribution in [0.3, 0.4) is 0 Å².